The Morgan fingerprint density at radius 2 is 1.12 bits per heavy atom. The number of ether oxygens (including phenoxy) is 1. The Kier molecular flexibility index (Phi) is 21.3. The van der Waals surface area contributed by atoms with Gasteiger partial charge in [0.15, 0.2) is 0 Å². The average molecular weight is 707 g/mol. The highest BCUT2D eigenvalue weighted by atomic mass is 35.5. The van der Waals surface area contributed by atoms with Gasteiger partial charge in [-0.15, -0.1) is 12.4 Å². The standard InChI is InChI=1S/2C15H14N2O2.C6H13NO2.CH5N.ClH/c2*1-2-12-8-9-16-14(10-12)15(18)17(19)11-13-6-4-3-5-7-13;1-6(2,3)9-5(8)7-4;1-2;/h2*2-10,19H,1,11H2;1-4H3,(H,7,8);2H2,1H3;1H. The van der Waals surface area contributed by atoms with Crippen LogP contribution < -0.4 is 11.1 Å². The first-order chi connectivity index (χ1) is 23.4. The third kappa shape index (κ3) is 17.1. The van der Waals surface area contributed by atoms with E-state index in [0.29, 0.717) is 10.1 Å². The molecule has 12 nitrogen and oxygen atoms in total. The number of alkyl carbamates (subject to hydrolysis) is 1. The molecule has 0 aliphatic rings. The molecule has 2 heterocycles. The maximum atomic E-state index is 12.0. The molecule has 0 saturated carbocycles. The van der Waals surface area contributed by atoms with Gasteiger partial charge in [0.25, 0.3) is 11.8 Å². The lowest BCUT2D eigenvalue weighted by Crippen LogP contribution is -2.30. The Bertz CT molecular complexity index is 1510. The van der Waals surface area contributed by atoms with Crippen LogP contribution in [0.4, 0.5) is 4.79 Å². The van der Waals surface area contributed by atoms with Gasteiger partial charge in [0.05, 0.1) is 13.1 Å². The monoisotopic (exact) mass is 706 g/mol. The third-order valence-electron chi connectivity index (χ3n) is 5.90. The van der Waals surface area contributed by atoms with Gasteiger partial charge in [-0.1, -0.05) is 86.0 Å². The maximum Gasteiger partial charge on any atom is 0.407 e. The minimum atomic E-state index is -0.535. The molecular weight excluding hydrogens is 660 g/mol. The number of halogens is 1. The molecule has 268 valence electrons. The Morgan fingerprint density at radius 1 is 0.760 bits per heavy atom. The summed E-state index contributed by atoms with van der Waals surface area (Å²) in [6.07, 6.45) is 5.89. The fraction of sp³-hybridized carbons (Fsp3) is 0.216. The number of benzene rings is 2. The van der Waals surface area contributed by atoms with Gasteiger partial charge in [0.2, 0.25) is 0 Å². The van der Waals surface area contributed by atoms with Gasteiger partial charge in [-0.2, -0.15) is 0 Å². The van der Waals surface area contributed by atoms with Crippen molar-refractivity contribution in [2.75, 3.05) is 14.1 Å². The van der Waals surface area contributed by atoms with E-state index in [0.717, 1.165) is 22.3 Å². The fourth-order valence-corrected chi connectivity index (χ4v) is 3.63. The number of pyridine rings is 2. The van der Waals surface area contributed by atoms with Gasteiger partial charge < -0.3 is 15.8 Å². The number of nitrogens with zero attached hydrogens (tertiary/aromatic N) is 4. The number of carbonyl (C=O) groups is 3. The maximum absolute atomic E-state index is 12.0. The molecule has 4 rings (SSSR count). The largest absolute Gasteiger partial charge is 0.444 e. The summed E-state index contributed by atoms with van der Waals surface area (Å²) in [6, 6.07) is 25.2. The van der Waals surface area contributed by atoms with Crippen molar-refractivity contribution in [3.05, 3.63) is 144 Å². The zero-order valence-corrected chi connectivity index (χ0v) is 29.8. The van der Waals surface area contributed by atoms with Crippen molar-refractivity contribution >= 4 is 42.5 Å². The number of nitrogens with two attached hydrogens (primary N) is 1. The van der Waals surface area contributed by atoms with E-state index < -0.39 is 11.8 Å². The Morgan fingerprint density at radius 3 is 1.40 bits per heavy atom. The van der Waals surface area contributed by atoms with Crippen molar-refractivity contribution in [2.24, 2.45) is 5.73 Å². The molecule has 3 amide bonds. The van der Waals surface area contributed by atoms with E-state index in [1.165, 1.54) is 26.5 Å². The second-order valence-electron chi connectivity index (χ2n) is 10.8. The molecule has 0 bridgehead atoms. The topological polar surface area (TPSA) is 171 Å². The molecule has 2 aromatic heterocycles. The minimum Gasteiger partial charge on any atom is -0.444 e. The highest BCUT2D eigenvalue weighted by molar-refractivity contribution is 5.92. The van der Waals surface area contributed by atoms with Crippen molar-refractivity contribution < 1.29 is 29.5 Å². The second kappa shape index (κ2) is 23.8. The molecule has 50 heavy (non-hydrogen) atoms. The van der Waals surface area contributed by atoms with E-state index in [1.807, 2.05) is 81.4 Å². The number of amides is 3. The Labute approximate surface area is 300 Å². The van der Waals surface area contributed by atoms with Crippen molar-refractivity contribution in [1.29, 1.82) is 0 Å². The zero-order chi connectivity index (χ0) is 36.8. The predicted octanol–water partition coefficient (Wildman–Crippen LogP) is 6.65. The van der Waals surface area contributed by atoms with Crippen LogP contribution in [0.2, 0.25) is 0 Å². The number of nitrogens with one attached hydrogen (secondary N) is 1. The fourth-order valence-electron chi connectivity index (χ4n) is 3.63. The molecule has 0 aliphatic heterocycles. The van der Waals surface area contributed by atoms with Crippen LogP contribution in [0.3, 0.4) is 0 Å². The van der Waals surface area contributed by atoms with Crippen LogP contribution in [-0.2, 0) is 17.8 Å². The van der Waals surface area contributed by atoms with Crippen molar-refractivity contribution in [3.8, 4) is 0 Å². The van der Waals surface area contributed by atoms with Crippen LogP contribution in [0.1, 0.15) is 64.0 Å². The summed E-state index contributed by atoms with van der Waals surface area (Å²) in [5.41, 5.74) is 7.75. The number of carbonyl (C=O) groups excluding carboxylic acids is 3. The smallest absolute Gasteiger partial charge is 0.407 e. The first-order valence-electron chi connectivity index (χ1n) is 15.1. The lowest BCUT2D eigenvalue weighted by Gasteiger charge is -2.18. The third-order valence-corrected chi connectivity index (χ3v) is 5.90. The van der Waals surface area contributed by atoms with E-state index >= 15 is 0 Å². The van der Waals surface area contributed by atoms with Crippen molar-refractivity contribution in [1.82, 2.24) is 25.4 Å². The van der Waals surface area contributed by atoms with Crippen LogP contribution >= 0.6 is 12.4 Å². The summed E-state index contributed by atoms with van der Waals surface area (Å²) < 4.78 is 4.84. The number of rotatable bonds is 8. The summed E-state index contributed by atoms with van der Waals surface area (Å²) in [7, 11) is 3.04. The van der Waals surface area contributed by atoms with E-state index in [4.69, 9.17) is 4.74 Å². The predicted molar refractivity (Wildman–Crippen MR) is 198 cm³/mol. The van der Waals surface area contributed by atoms with Gasteiger partial charge >= 0.3 is 6.09 Å². The highest BCUT2D eigenvalue weighted by Gasteiger charge is 2.17. The summed E-state index contributed by atoms with van der Waals surface area (Å²) in [4.78, 5) is 42.4. The Hall–Kier alpha value is -5.40. The van der Waals surface area contributed by atoms with Gasteiger partial charge in [0.1, 0.15) is 17.0 Å². The van der Waals surface area contributed by atoms with Crippen LogP contribution in [0.5, 0.6) is 0 Å². The molecule has 13 heteroatoms. The summed E-state index contributed by atoms with van der Waals surface area (Å²) in [5, 5.41) is 23.3. The van der Waals surface area contributed by atoms with Gasteiger partial charge in [-0.25, -0.2) is 14.9 Å². The molecule has 0 fully saturated rings. The quantitative estimate of drug-likeness (QED) is 0.116. The molecule has 0 atom stereocenters. The SMILES string of the molecule is C=Cc1ccnc(C(=O)N(O)Cc2ccccc2)c1.C=Cc1ccnc(C(=O)N(O)Cc2ccccc2)c1.CN.CNC(=O)OC(C)(C)C.Cl. The lowest BCUT2D eigenvalue weighted by molar-refractivity contribution is -0.0652. The molecule has 0 unspecified atom stereocenters. The van der Waals surface area contributed by atoms with Crippen molar-refractivity contribution in [2.45, 2.75) is 39.5 Å². The molecular formula is C37H47ClN6O6. The number of hydrogen-bond acceptors (Lipinski definition) is 9. The van der Waals surface area contributed by atoms with E-state index in [2.05, 4.69) is 34.2 Å². The van der Waals surface area contributed by atoms with E-state index in [1.54, 1.807) is 36.4 Å². The summed E-state index contributed by atoms with van der Waals surface area (Å²) in [6.45, 7) is 13.0. The number of hydroxylamine groups is 4. The van der Waals surface area contributed by atoms with Crippen LogP contribution in [-0.4, -0.2) is 68.1 Å². The molecule has 0 spiro atoms. The van der Waals surface area contributed by atoms with Crippen LogP contribution in [0.25, 0.3) is 12.2 Å². The van der Waals surface area contributed by atoms with Crippen LogP contribution in [0, 0.1) is 0 Å². The van der Waals surface area contributed by atoms with Gasteiger partial charge in [-0.05, 0) is 74.3 Å². The normalized spacial score (nSPS) is 9.60. The molecule has 0 saturated heterocycles. The molecule has 4 aromatic rings. The molecule has 2 aromatic carbocycles. The van der Waals surface area contributed by atoms with Gasteiger partial charge in [-0.3, -0.25) is 30.0 Å². The van der Waals surface area contributed by atoms with Gasteiger partial charge in [0, 0.05) is 19.4 Å². The summed E-state index contributed by atoms with van der Waals surface area (Å²) >= 11 is 0. The highest BCUT2D eigenvalue weighted by Crippen LogP contribution is 2.10. The molecule has 5 N–H and O–H groups in total. The lowest BCUT2D eigenvalue weighted by atomic mass is 10.2. The second-order valence-corrected chi connectivity index (χ2v) is 10.8. The van der Waals surface area contributed by atoms with Crippen LogP contribution in [0.15, 0.2) is 110 Å². The van der Waals surface area contributed by atoms with E-state index in [-0.39, 0.29) is 48.6 Å². The average Bonchev–Trinajstić information content (AvgIpc) is 3.12. The first kappa shape index (κ1) is 44.6. The van der Waals surface area contributed by atoms with E-state index in [9.17, 15) is 24.8 Å². The minimum absolute atomic E-state index is 0. The summed E-state index contributed by atoms with van der Waals surface area (Å²) in [5.74, 6) is -1.07. The molecule has 0 radical (unpaired) electrons. The van der Waals surface area contributed by atoms with Crippen molar-refractivity contribution in [3.63, 3.8) is 0 Å². The molecule has 0 aliphatic carbocycles. The Balaban J connectivity index is 0.000000738. The number of hydrogen-bond donors (Lipinski definition) is 4. The first-order valence-corrected chi connectivity index (χ1v) is 15.1. The zero-order valence-electron chi connectivity index (χ0n) is 29.0. The number of aromatic nitrogens is 2.